The molecule has 1 atom stereocenters. The third kappa shape index (κ3) is 4.33. The van der Waals surface area contributed by atoms with Gasteiger partial charge in [-0.1, -0.05) is 20.8 Å². The normalized spacial score (nSPS) is 12.7. The molecule has 0 aliphatic carbocycles. The van der Waals surface area contributed by atoms with Crippen LogP contribution >= 0.6 is 0 Å². The molecule has 19 heavy (non-hydrogen) atoms. The second-order valence-electron chi connectivity index (χ2n) is 5.19. The van der Waals surface area contributed by atoms with Crippen LogP contribution < -0.4 is 0 Å². The second kappa shape index (κ2) is 7.26. The molecule has 0 saturated heterocycles. The third-order valence-electron chi connectivity index (χ3n) is 2.90. The minimum absolute atomic E-state index is 0.199. The molecule has 0 aromatic carbocycles. The lowest BCUT2D eigenvalue weighted by molar-refractivity contribution is -0.145. The van der Waals surface area contributed by atoms with E-state index in [0.29, 0.717) is 12.5 Å². The summed E-state index contributed by atoms with van der Waals surface area (Å²) in [5.41, 5.74) is 0. The smallest absolute Gasteiger partial charge is 0.316 e. The molecule has 0 N–H and O–H groups in total. The molecule has 0 saturated carbocycles. The maximum Gasteiger partial charge on any atom is 0.316 e. The van der Waals surface area contributed by atoms with Crippen LogP contribution in [0.1, 0.15) is 58.1 Å². The zero-order chi connectivity index (χ0) is 14.4. The minimum Gasteiger partial charge on any atom is -0.465 e. The van der Waals surface area contributed by atoms with Crippen molar-refractivity contribution in [3.05, 3.63) is 11.6 Å². The largest absolute Gasteiger partial charge is 0.465 e. The standard InChI is InChI=1S/C14H25N3O2/c1-6-8-12-15-13(17(5)16-12)11(9-10(3)4)14(18)19-7-2/h10-11H,6-9H2,1-5H3. The van der Waals surface area contributed by atoms with Crippen LogP contribution in [0.15, 0.2) is 0 Å². The van der Waals surface area contributed by atoms with Gasteiger partial charge in [-0.25, -0.2) is 4.98 Å². The minimum atomic E-state index is -0.317. The maximum absolute atomic E-state index is 12.1. The van der Waals surface area contributed by atoms with Crippen molar-refractivity contribution in [3.63, 3.8) is 0 Å². The zero-order valence-corrected chi connectivity index (χ0v) is 12.6. The van der Waals surface area contributed by atoms with E-state index in [2.05, 4.69) is 30.9 Å². The van der Waals surface area contributed by atoms with Crippen LogP contribution in [-0.4, -0.2) is 27.3 Å². The third-order valence-corrected chi connectivity index (χ3v) is 2.90. The quantitative estimate of drug-likeness (QED) is 0.712. The zero-order valence-electron chi connectivity index (χ0n) is 12.6. The summed E-state index contributed by atoms with van der Waals surface area (Å²) >= 11 is 0. The molecule has 1 aromatic rings. The predicted molar refractivity (Wildman–Crippen MR) is 73.8 cm³/mol. The topological polar surface area (TPSA) is 57.0 Å². The maximum atomic E-state index is 12.1. The van der Waals surface area contributed by atoms with Crippen LogP contribution in [0.4, 0.5) is 0 Å². The first-order chi connectivity index (χ1) is 8.99. The molecular weight excluding hydrogens is 242 g/mol. The Bertz CT molecular complexity index is 413. The van der Waals surface area contributed by atoms with Gasteiger partial charge in [0.25, 0.3) is 0 Å². The Kier molecular flexibility index (Phi) is 5.99. The second-order valence-corrected chi connectivity index (χ2v) is 5.19. The lowest BCUT2D eigenvalue weighted by atomic mass is 9.96. The predicted octanol–water partition coefficient (Wildman–Crippen LogP) is 2.46. The van der Waals surface area contributed by atoms with Crippen molar-refractivity contribution >= 4 is 5.97 Å². The molecule has 1 unspecified atom stereocenters. The number of hydrogen-bond acceptors (Lipinski definition) is 4. The highest BCUT2D eigenvalue weighted by molar-refractivity contribution is 5.77. The fraction of sp³-hybridized carbons (Fsp3) is 0.786. The number of carbonyl (C=O) groups is 1. The summed E-state index contributed by atoms with van der Waals surface area (Å²) in [6.07, 6.45) is 2.57. The monoisotopic (exact) mass is 267 g/mol. The molecule has 0 bridgehead atoms. The van der Waals surface area contributed by atoms with E-state index in [1.807, 2.05) is 14.0 Å². The molecule has 0 aliphatic rings. The molecule has 1 heterocycles. The number of nitrogens with zero attached hydrogens (tertiary/aromatic N) is 3. The van der Waals surface area contributed by atoms with E-state index >= 15 is 0 Å². The number of ether oxygens (including phenoxy) is 1. The number of aryl methyl sites for hydroxylation is 2. The lowest BCUT2D eigenvalue weighted by Gasteiger charge is -2.16. The summed E-state index contributed by atoms with van der Waals surface area (Å²) in [5, 5.41) is 4.37. The van der Waals surface area contributed by atoms with Crippen molar-refractivity contribution in [2.24, 2.45) is 13.0 Å². The molecule has 108 valence electrons. The SMILES string of the molecule is CCCc1nc(C(CC(C)C)C(=O)OCC)n(C)n1. The van der Waals surface area contributed by atoms with Gasteiger partial charge in [0, 0.05) is 13.5 Å². The molecule has 0 radical (unpaired) electrons. The van der Waals surface area contributed by atoms with Crippen LogP contribution in [-0.2, 0) is 23.0 Å². The van der Waals surface area contributed by atoms with Crippen molar-refractivity contribution in [1.82, 2.24) is 14.8 Å². The van der Waals surface area contributed by atoms with E-state index in [1.54, 1.807) is 4.68 Å². The Morgan fingerprint density at radius 1 is 1.37 bits per heavy atom. The fourth-order valence-corrected chi connectivity index (χ4v) is 2.11. The van der Waals surface area contributed by atoms with E-state index in [9.17, 15) is 4.79 Å². The van der Waals surface area contributed by atoms with Gasteiger partial charge in [-0.15, -0.1) is 0 Å². The highest BCUT2D eigenvalue weighted by atomic mass is 16.5. The van der Waals surface area contributed by atoms with Crippen LogP contribution in [0, 0.1) is 5.92 Å². The Labute approximate surface area is 115 Å². The van der Waals surface area contributed by atoms with E-state index in [0.717, 1.165) is 30.9 Å². The van der Waals surface area contributed by atoms with Crippen molar-refractivity contribution in [3.8, 4) is 0 Å². The van der Waals surface area contributed by atoms with Gasteiger partial charge < -0.3 is 4.74 Å². The Morgan fingerprint density at radius 2 is 2.05 bits per heavy atom. The number of carbonyl (C=O) groups excluding carboxylic acids is 1. The molecule has 1 rings (SSSR count). The number of esters is 1. The number of hydrogen-bond donors (Lipinski definition) is 0. The van der Waals surface area contributed by atoms with Crippen LogP contribution in [0.3, 0.4) is 0 Å². The number of rotatable bonds is 7. The van der Waals surface area contributed by atoms with E-state index < -0.39 is 0 Å². The van der Waals surface area contributed by atoms with Gasteiger partial charge in [-0.2, -0.15) is 5.10 Å². The molecule has 0 spiro atoms. The number of aromatic nitrogens is 3. The summed E-state index contributed by atoms with van der Waals surface area (Å²) in [6.45, 7) is 8.49. The Balaban J connectivity index is 2.98. The molecule has 5 nitrogen and oxygen atoms in total. The summed E-state index contributed by atoms with van der Waals surface area (Å²) in [6, 6.07) is 0. The van der Waals surface area contributed by atoms with Gasteiger partial charge in [0.1, 0.15) is 11.7 Å². The molecule has 0 fully saturated rings. The molecule has 0 amide bonds. The van der Waals surface area contributed by atoms with Gasteiger partial charge in [0.15, 0.2) is 5.82 Å². The molecule has 1 aromatic heterocycles. The van der Waals surface area contributed by atoms with Crippen LogP contribution in [0.5, 0.6) is 0 Å². The fourth-order valence-electron chi connectivity index (χ4n) is 2.11. The Morgan fingerprint density at radius 3 is 2.58 bits per heavy atom. The summed E-state index contributed by atoms with van der Waals surface area (Å²) in [4.78, 5) is 16.6. The summed E-state index contributed by atoms with van der Waals surface area (Å²) in [5.74, 6) is 1.41. The van der Waals surface area contributed by atoms with Crippen LogP contribution in [0.25, 0.3) is 0 Å². The van der Waals surface area contributed by atoms with E-state index in [4.69, 9.17) is 4.74 Å². The molecule has 0 aliphatic heterocycles. The summed E-state index contributed by atoms with van der Waals surface area (Å²) < 4.78 is 6.88. The Hall–Kier alpha value is -1.39. The van der Waals surface area contributed by atoms with Crippen molar-refractivity contribution in [2.75, 3.05) is 6.61 Å². The first-order valence-corrected chi connectivity index (χ1v) is 7.05. The van der Waals surface area contributed by atoms with Crippen LogP contribution in [0.2, 0.25) is 0 Å². The van der Waals surface area contributed by atoms with E-state index in [-0.39, 0.29) is 11.9 Å². The highest BCUT2D eigenvalue weighted by Crippen LogP contribution is 2.24. The highest BCUT2D eigenvalue weighted by Gasteiger charge is 2.28. The van der Waals surface area contributed by atoms with Gasteiger partial charge in [0.05, 0.1) is 6.61 Å². The average Bonchev–Trinajstić information content (AvgIpc) is 2.67. The van der Waals surface area contributed by atoms with E-state index in [1.165, 1.54) is 0 Å². The average molecular weight is 267 g/mol. The van der Waals surface area contributed by atoms with Crippen molar-refractivity contribution in [2.45, 2.75) is 52.9 Å². The van der Waals surface area contributed by atoms with Gasteiger partial charge in [-0.3, -0.25) is 9.48 Å². The lowest BCUT2D eigenvalue weighted by Crippen LogP contribution is -2.21. The summed E-state index contributed by atoms with van der Waals surface area (Å²) in [7, 11) is 1.84. The molecule has 5 heteroatoms. The first kappa shape index (κ1) is 15.7. The van der Waals surface area contributed by atoms with Gasteiger partial charge in [0.2, 0.25) is 0 Å². The van der Waals surface area contributed by atoms with Crippen molar-refractivity contribution < 1.29 is 9.53 Å². The van der Waals surface area contributed by atoms with Crippen molar-refractivity contribution in [1.29, 1.82) is 0 Å². The first-order valence-electron chi connectivity index (χ1n) is 7.05. The molecular formula is C14H25N3O2. The van der Waals surface area contributed by atoms with Gasteiger partial charge >= 0.3 is 5.97 Å². The van der Waals surface area contributed by atoms with Gasteiger partial charge in [-0.05, 0) is 25.7 Å².